The number of benzene rings is 3. The summed E-state index contributed by atoms with van der Waals surface area (Å²) in [5, 5.41) is 1.62. The van der Waals surface area contributed by atoms with Crippen molar-refractivity contribution in [1.82, 2.24) is 4.31 Å². The molecule has 7 heteroatoms. The summed E-state index contributed by atoms with van der Waals surface area (Å²) in [5.74, 6) is -0.283. The van der Waals surface area contributed by atoms with Crippen molar-refractivity contribution in [2.75, 3.05) is 50.1 Å². The minimum absolute atomic E-state index is 0.283. The van der Waals surface area contributed by atoms with Gasteiger partial charge in [0, 0.05) is 56.7 Å². The quantitative estimate of drug-likeness (QED) is 0.656. The van der Waals surface area contributed by atoms with Gasteiger partial charge < -0.3 is 9.80 Å². The topological polar surface area (TPSA) is 43.9 Å². The number of sulfonamides is 1. The number of halogens is 1. The van der Waals surface area contributed by atoms with Gasteiger partial charge in [0.15, 0.2) is 0 Å². The summed E-state index contributed by atoms with van der Waals surface area (Å²) >= 11 is 0. The van der Waals surface area contributed by atoms with Crippen LogP contribution in [0, 0.1) is 5.82 Å². The molecule has 5 nitrogen and oxygen atoms in total. The first-order valence-electron chi connectivity index (χ1n) is 9.58. The van der Waals surface area contributed by atoms with Crippen molar-refractivity contribution < 1.29 is 12.8 Å². The van der Waals surface area contributed by atoms with Gasteiger partial charge in [-0.25, -0.2) is 12.8 Å². The van der Waals surface area contributed by atoms with Crippen molar-refractivity contribution in [2.24, 2.45) is 0 Å². The molecule has 0 atom stereocenters. The molecule has 0 aliphatic carbocycles. The second-order valence-corrected chi connectivity index (χ2v) is 9.27. The van der Waals surface area contributed by atoms with E-state index in [1.807, 2.05) is 48.2 Å². The highest BCUT2D eigenvalue weighted by Crippen LogP contribution is 2.32. The van der Waals surface area contributed by atoms with Gasteiger partial charge in [-0.1, -0.05) is 36.4 Å². The maximum atomic E-state index is 14.1. The number of nitrogens with zero attached hydrogens (tertiary/aromatic N) is 3. The van der Waals surface area contributed by atoms with Gasteiger partial charge in [-0.15, -0.1) is 0 Å². The third-order valence-electron chi connectivity index (χ3n) is 5.39. The van der Waals surface area contributed by atoms with Crippen molar-refractivity contribution in [1.29, 1.82) is 0 Å². The molecule has 0 unspecified atom stereocenters. The lowest BCUT2D eigenvalue weighted by Gasteiger charge is -2.35. The molecule has 0 bridgehead atoms. The van der Waals surface area contributed by atoms with E-state index in [1.165, 1.54) is 10.4 Å². The zero-order chi connectivity index (χ0) is 20.6. The molecule has 0 aromatic heterocycles. The second-order valence-electron chi connectivity index (χ2n) is 7.37. The Morgan fingerprint density at radius 2 is 1.48 bits per heavy atom. The summed E-state index contributed by atoms with van der Waals surface area (Å²) in [5.41, 5.74) is 1.49. The predicted octanol–water partition coefficient (Wildman–Crippen LogP) is 3.56. The lowest BCUT2D eigenvalue weighted by Crippen LogP contribution is -2.48. The molecule has 29 heavy (non-hydrogen) atoms. The summed E-state index contributed by atoms with van der Waals surface area (Å²) in [6, 6.07) is 17.7. The zero-order valence-corrected chi connectivity index (χ0v) is 17.4. The maximum Gasteiger partial charge on any atom is 0.243 e. The van der Waals surface area contributed by atoms with E-state index in [2.05, 4.69) is 0 Å². The molecule has 0 amide bonds. The van der Waals surface area contributed by atoms with Crippen LogP contribution in [0.2, 0.25) is 0 Å². The summed E-state index contributed by atoms with van der Waals surface area (Å²) in [6.45, 7) is 1.54. The van der Waals surface area contributed by atoms with E-state index in [0.717, 1.165) is 16.5 Å². The van der Waals surface area contributed by atoms with E-state index >= 15 is 0 Å². The van der Waals surface area contributed by atoms with E-state index in [-0.39, 0.29) is 5.82 Å². The number of fused-ring (bicyclic) bond motifs is 1. The molecule has 0 saturated carbocycles. The minimum atomic E-state index is -3.65. The Kier molecular flexibility index (Phi) is 5.19. The number of rotatable bonds is 4. The molecule has 0 spiro atoms. The van der Waals surface area contributed by atoms with Crippen molar-refractivity contribution in [2.45, 2.75) is 4.90 Å². The number of hydrogen-bond acceptors (Lipinski definition) is 4. The fourth-order valence-electron chi connectivity index (χ4n) is 3.90. The van der Waals surface area contributed by atoms with Gasteiger partial charge in [-0.3, -0.25) is 0 Å². The van der Waals surface area contributed by atoms with Gasteiger partial charge in [0.1, 0.15) is 5.82 Å². The van der Waals surface area contributed by atoms with E-state index in [9.17, 15) is 12.8 Å². The smallest absolute Gasteiger partial charge is 0.243 e. The first kappa shape index (κ1) is 19.7. The van der Waals surface area contributed by atoms with Crippen LogP contribution in [0.25, 0.3) is 10.8 Å². The molecule has 3 aromatic rings. The molecule has 1 saturated heterocycles. The molecule has 1 fully saturated rings. The van der Waals surface area contributed by atoms with Gasteiger partial charge in [0.25, 0.3) is 0 Å². The first-order chi connectivity index (χ1) is 13.9. The van der Waals surface area contributed by atoms with Crippen LogP contribution < -0.4 is 9.80 Å². The average molecular weight is 414 g/mol. The predicted molar refractivity (Wildman–Crippen MR) is 116 cm³/mol. The van der Waals surface area contributed by atoms with Gasteiger partial charge in [-0.2, -0.15) is 4.31 Å². The Labute approximate surface area is 171 Å². The minimum Gasteiger partial charge on any atom is -0.377 e. The molecule has 3 aromatic carbocycles. The van der Waals surface area contributed by atoms with Gasteiger partial charge in [0.05, 0.1) is 10.6 Å². The zero-order valence-electron chi connectivity index (χ0n) is 16.5. The van der Waals surface area contributed by atoms with Crippen LogP contribution in [0.1, 0.15) is 0 Å². The van der Waals surface area contributed by atoms with E-state index in [4.69, 9.17) is 0 Å². The summed E-state index contributed by atoms with van der Waals surface area (Å²) in [6.07, 6.45) is 0. The molecule has 0 N–H and O–H groups in total. The SMILES string of the molecule is CN(C)c1cccc2c(S(=O)(=O)N3CCN(c4ccccc4F)CC3)cccc12. The van der Waals surface area contributed by atoms with Crippen LogP contribution in [-0.4, -0.2) is 53.0 Å². The van der Waals surface area contributed by atoms with Crippen molar-refractivity contribution in [3.63, 3.8) is 0 Å². The Bertz CT molecular complexity index is 1140. The lowest BCUT2D eigenvalue weighted by molar-refractivity contribution is 0.383. The van der Waals surface area contributed by atoms with Gasteiger partial charge in [-0.05, 0) is 24.3 Å². The van der Waals surface area contributed by atoms with Crippen LogP contribution >= 0.6 is 0 Å². The molecular formula is C22H24FN3O2S. The third kappa shape index (κ3) is 3.56. The molecule has 4 rings (SSSR count). The molecular weight excluding hydrogens is 389 g/mol. The third-order valence-corrected chi connectivity index (χ3v) is 7.35. The van der Waals surface area contributed by atoms with Crippen molar-refractivity contribution >= 4 is 32.2 Å². The molecule has 0 radical (unpaired) electrons. The van der Waals surface area contributed by atoms with Crippen LogP contribution in [0.4, 0.5) is 15.8 Å². The van der Waals surface area contributed by atoms with Gasteiger partial charge in [0.2, 0.25) is 10.0 Å². The Morgan fingerprint density at radius 1 is 0.828 bits per heavy atom. The maximum absolute atomic E-state index is 14.1. The fourth-order valence-corrected chi connectivity index (χ4v) is 5.52. The highest BCUT2D eigenvalue weighted by Gasteiger charge is 2.30. The highest BCUT2D eigenvalue weighted by molar-refractivity contribution is 7.89. The van der Waals surface area contributed by atoms with Crippen LogP contribution in [0.5, 0.6) is 0 Å². The van der Waals surface area contributed by atoms with E-state index < -0.39 is 10.0 Å². The fraction of sp³-hybridized carbons (Fsp3) is 0.273. The molecule has 1 aliphatic heterocycles. The lowest BCUT2D eigenvalue weighted by atomic mass is 10.1. The second kappa shape index (κ2) is 7.65. The standard InChI is InChI=1S/C22H24FN3O2S/c1-24(2)20-11-5-8-18-17(20)7-6-12-22(18)29(27,28)26-15-13-25(14-16-26)21-10-4-3-9-19(21)23/h3-12H,13-16H2,1-2H3. The van der Waals surface area contributed by atoms with Crippen LogP contribution in [0.15, 0.2) is 65.6 Å². The molecule has 1 aliphatic rings. The largest absolute Gasteiger partial charge is 0.377 e. The van der Waals surface area contributed by atoms with Crippen molar-refractivity contribution in [3.05, 3.63) is 66.5 Å². The number of piperazine rings is 1. The Hall–Kier alpha value is -2.64. The Balaban J connectivity index is 1.64. The number of anilines is 2. The van der Waals surface area contributed by atoms with Gasteiger partial charge >= 0.3 is 0 Å². The summed E-state index contributed by atoms with van der Waals surface area (Å²) in [4.78, 5) is 4.19. The molecule has 1 heterocycles. The summed E-state index contributed by atoms with van der Waals surface area (Å²) in [7, 11) is 0.232. The average Bonchev–Trinajstić information content (AvgIpc) is 2.73. The highest BCUT2D eigenvalue weighted by atomic mass is 32.2. The number of hydrogen-bond donors (Lipinski definition) is 0. The summed E-state index contributed by atoms with van der Waals surface area (Å²) < 4.78 is 42.4. The van der Waals surface area contributed by atoms with E-state index in [0.29, 0.717) is 36.8 Å². The van der Waals surface area contributed by atoms with Crippen LogP contribution in [0.3, 0.4) is 0 Å². The van der Waals surface area contributed by atoms with Crippen LogP contribution in [-0.2, 0) is 10.0 Å². The molecule has 152 valence electrons. The first-order valence-corrected chi connectivity index (χ1v) is 11.0. The monoisotopic (exact) mass is 413 g/mol. The van der Waals surface area contributed by atoms with Crippen molar-refractivity contribution in [3.8, 4) is 0 Å². The Morgan fingerprint density at radius 3 is 2.17 bits per heavy atom. The normalized spacial score (nSPS) is 15.6. The number of para-hydroxylation sites is 1. The van der Waals surface area contributed by atoms with E-state index in [1.54, 1.807) is 30.3 Å².